The first-order valence-electron chi connectivity index (χ1n) is 11.8. The molecule has 0 heterocycles. The summed E-state index contributed by atoms with van der Waals surface area (Å²) in [4.78, 5) is 0. The normalized spacial score (nSPS) is 36.3. The molecule has 0 radical (unpaired) electrons. The zero-order valence-electron chi connectivity index (χ0n) is 19.3. The Hall–Kier alpha value is -1.19. The lowest BCUT2D eigenvalue weighted by Gasteiger charge is -2.38. The third-order valence-electron chi connectivity index (χ3n) is 5.85. The molecule has 1 aromatic carbocycles. The Morgan fingerprint density at radius 2 is 1.54 bits per heavy atom. The number of halogens is 3. The number of ether oxygens (including phenoxy) is 1. The van der Waals surface area contributed by atoms with Gasteiger partial charge in [0.1, 0.15) is 5.75 Å². The Bertz CT molecular complexity index is 679. The topological polar surface area (TPSA) is 9.23 Å². The predicted molar refractivity (Wildman–Crippen MR) is 98.2 cm³/mol. The van der Waals surface area contributed by atoms with Gasteiger partial charge in [0.2, 0.25) is 0 Å². The minimum atomic E-state index is -4.69. The van der Waals surface area contributed by atoms with E-state index in [1.54, 1.807) is 12.1 Å². The Morgan fingerprint density at radius 1 is 0.962 bits per heavy atom. The van der Waals surface area contributed by atoms with E-state index in [1.165, 1.54) is 12.1 Å². The molecular formula is C22H31F3O. The van der Waals surface area contributed by atoms with Crippen molar-refractivity contribution in [2.75, 3.05) is 0 Å². The lowest BCUT2D eigenvalue weighted by molar-refractivity contribution is -0.274. The van der Waals surface area contributed by atoms with Crippen LogP contribution in [-0.2, 0) is 0 Å². The van der Waals surface area contributed by atoms with Crippen LogP contribution in [0.4, 0.5) is 13.2 Å². The van der Waals surface area contributed by atoms with Gasteiger partial charge < -0.3 is 4.74 Å². The maximum atomic E-state index is 12.3. The van der Waals surface area contributed by atoms with Gasteiger partial charge in [0.05, 0.1) is 0 Å². The van der Waals surface area contributed by atoms with Crippen LogP contribution in [0.3, 0.4) is 0 Å². The maximum absolute atomic E-state index is 12.3. The molecule has 146 valence electrons. The van der Waals surface area contributed by atoms with Crippen molar-refractivity contribution in [3.8, 4) is 5.75 Å². The molecule has 0 aromatic heterocycles. The van der Waals surface area contributed by atoms with Crippen molar-refractivity contribution in [2.45, 2.75) is 83.3 Å². The van der Waals surface area contributed by atoms with Crippen LogP contribution in [0.15, 0.2) is 24.3 Å². The summed E-state index contributed by atoms with van der Waals surface area (Å²) in [6.45, 7) is 1.97. The van der Waals surface area contributed by atoms with Crippen LogP contribution in [0.25, 0.3) is 0 Å². The van der Waals surface area contributed by atoms with Crippen LogP contribution in [-0.4, -0.2) is 6.36 Å². The molecule has 0 saturated heterocycles. The second kappa shape index (κ2) is 8.67. The molecule has 0 atom stereocenters. The van der Waals surface area contributed by atoms with Crippen molar-refractivity contribution < 1.29 is 23.4 Å². The fraction of sp³-hybridized carbons (Fsp3) is 0.727. The summed E-state index contributed by atoms with van der Waals surface area (Å²) in [5, 5.41) is 0. The third kappa shape index (κ3) is 5.40. The van der Waals surface area contributed by atoms with Crippen LogP contribution in [0.1, 0.15) is 88.0 Å². The molecule has 26 heavy (non-hydrogen) atoms. The second-order valence-corrected chi connectivity index (χ2v) is 7.65. The van der Waals surface area contributed by atoms with E-state index in [0.29, 0.717) is 25.2 Å². The molecule has 0 spiro atoms. The Balaban J connectivity index is 1.59. The van der Waals surface area contributed by atoms with E-state index >= 15 is 0 Å². The van der Waals surface area contributed by atoms with Gasteiger partial charge in [-0.2, -0.15) is 0 Å². The monoisotopic (exact) mass is 372 g/mol. The van der Waals surface area contributed by atoms with E-state index in [2.05, 4.69) is 4.74 Å². The average molecular weight is 373 g/mol. The van der Waals surface area contributed by atoms with E-state index < -0.39 is 25.0 Å². The summed E-state index contributed by atoms with van der Waals surface area (Å²) in [7, 11) is 0. The lowest BCUT2D eigenvalue weighted by Crippen LogP contribution is -2.25. The van der Waals surface area contributed by atoms with Gasteiger partial charge in [0.15, 0.2) is 0 Å². The van der Waals surface area contributed by atoms with Crippen LogP contribution in [0.5, 0.6) is 5.75 Å². The molecule has 1 nitrogen and oxygen atoms in total. The van der Waals surface area contributed by atoms with Gasteiger partial charge >= 0.3 is 6.36 Å². The number of hydrogen-bond donors (Lipinski definition) is 0. The van der Waals surface area contributed by atoms with Crippen molar-refractivity contribution in [2.24, 2.45) is 17.8 Å². The van der Waals surface area contributed by atoms with Crippen LogP contribution in [0.2, 0.25) is 0 Å². The third-order valence-corrected chi connectivity index (χ3v) is 5.85. The van der Waals surface area contributed by atoms with E-state index in [1.807, 2.05) is 6.92 Å². The zero-order valence-corrected chi connectivity index (χ0v) is 15.3. The van der Waals surface area contributed by atoms with E-state index in [0.717, 1.165) is 37.7 Å². The fourth-order valence-corrected chi connectivity index (χ4v) is 4.42. The van der Waals surface area contributed by atoms with Crippen LogP contribution < -0.4 is 4.74 Å². The smallest absolute Gasteiger partial charge is 0.406 e. The molecule has 0 unspecified atom stereocenters. The SMILES string of the molecule is [2H]C1([2H])CC(C2CCC(c3ccc(OC(F)(F)F)cc3)CC2)CC([2H])([2H])C1CCC. The Kier molecular flexibility index (Phi) is 4.94. The summed E-state index contributed by atoms with van der Waals surface area (Å²) in [6, 6.07) is 6.10. The number of rotatable bonds is 5. The number of alkyl halides is 3. The summed E-state index contributed by atoms with van der Waals surface area (Å²) in [5.74, 6) is -0.132. The average Bonchev–Trinajstić information content (AvgIpc) is 2.63. The van der Waals surface area contributed by atoms with Crippen LogP contribution in [0, 0.1) is 17.8 Å². The van der Waals surface area contributed by atoms with Crippen LogP contribution >= 0.6 is 0 Å². The summed E-state index contributed by atoms with van der Waals surface area (Å²) in [5.41, 5.74) is 1.00. The lowest BCUT2D eigenvalue weighted by atomic mass is 9.68. The van der Waals surface area contributed by atoms with Gasteiger partial charge in [-0.25, -0.2) is 0 Å². The molecule has 0 aliphatic heterocycles. The van der Waals surface area contributed by atoms with Gasteiger partial charge in [0.25, 0.3) is 0 Å². The molecule has 2 aliphatic rings. The van der Waals surface area contributed by atoms with Crippen molar-refractivity contribution >= 4 is 0 Å². The molecule has 0 amide bonds. The summed E-state index contributed by atoms with van der Waals surface area (Å²) >= 11 is 0. The van der Waals surface area contributed by atoms with E-state index in [4.69, 9.17) is 5.48 Å². The molecule has 2 aliphatic carbocycles. The molecular weight excluding hydrogens is 337 g/mol. The Morgan fingerprint density at radius 3 is 2.08 bits per heavy atom. The highest BCUT2D eigenvalue weighted by molar-refractivity contribution is 5.29. The van der Waals surface area contributed by atoms with Gasteiger partial charge in [-0.05, 0) is 79.9 Å². The van der Waals surface area contributed by atoms with Crippen molar-refractivity contribution in [1.29, 1.82) is 0 Å². The molecule has 3 rings (SSSR count). The Labute approximate surface area is 160 Å². The first kappa shape index (κ1) is 14.8. The van der Waals surface area contributed by atoms with Gasteiger partial charge in [-0.1, -0.05) is 44.6 Å². The standard InChI is InChI=1S/C22H31F3O/c1-2-3-16-4-6-17(7-5-16)18-8-10-19(11-9-18)20-12-14-21(15-13-20)26-22(23,24)25/h12-19H,2-11H2,1H3/i4D2,5D2. The largest absolute Gasteiger partial charge is 0.573 e. The van der Waals surface area contributed by atoms with Crippen molar-refractivity contribution in [1.82, 2.24) is 0 Å². The molecule has 0 bridgehead atoms. The summed E-state index contributed by atoms with van der Waals surface area (Å²) in [6.07, 6.45) is -1.84. The fourth-order valence-electron chi connectivity index (χ4n) is 4.42. The van der Waals surface area contributed by atoms with E-state index in [-0.39, 0.29) is 17.6 Å². The highest BCUT2D eigenvalue weighted by Crippen LogP contribution is 2.44. The number of benzene rings is 1. The minimum Gasteiger partial charge on any atom is -0.406 e. The zero-order chi connectivity index (χ0) is 22.2. The highest BCUT2D eigenvalue weighted by atomic mass is 19.4. The quantitative estimate of drug-likeness (QED) is 0.521. The molecule has 2 saturated carbocycles. The summed E-state index contributed by atoms with van der Waals surface area (Å²) < 4.78 is 74.8. The minimum absolute atomic E-state index is 0.0478. The number of hydrogen-bond acceptors (Lipinski definition) is 1. The second-order valence-electron chi connectivity index (χ2n) is 7.65. The van der Waals surface area contributed by atoms with Gasteiger partial charge in [0, 0.05) is 5.48 Å². The van der Waals surface area contributed by atoms with E-state index in [9.17, 15) is 13.2 Å². The van der Waals surface area contributed by atoms with Gasteiger partial charge in [-0.3, -0.25) is 0 Å². The molecule has 0 N–H and O–H groups in total. The molecule has 1 aromatic rings. The predicted octanol–water partition coefficient (Wildman–Crippen LogP) is 7.47. The first-order chi connectivity index (χ1) is 13.9. The van der Waals surface area contributed by atoms with Crippen molar-refractivity contribution in [3.63, 3.8) is 0 Å². The van der Waals surface area contributed by atoms with Gasteiger partial charge in [-0.15, -0.1) is 13.2 Å². The maximum Gasteiger partial charge on any atom is 0.573 e. The molecule has 4 heteroatoms. The van der Waals surface area contributed by atoms with Crippen molar-refractivity contribution in [3.05, 3.63) is 29.8 Å². The molecule has 2 fully saturated rings. The first-order valence-corrected chi connectivity index (χ1v) is 9.77. The highest BCUT2D eigenvalue weighted by Gasteiger charge is 2.32.